The first-order valence-corrected chi connectivity index (χ1v) is 6.96. The van der Waals surface area contributed by atoms with Crippen molar-refractivity contribution in [3.8, 4) is 0 Å². The summed E-state index contributed by atoms with van der Waals surface area (Å²) in [5.41, 5.74) is 1.04. The third-order valence-electron chi connectivity index (χ3n) is 2.02. The van der Waals surface area contributed by atoms with E-state index in [1.54, 1.807) is 23.9 Å². The Labute approximate surface area is 107 Å². The monoisotopic (exact) mass is 304 g/mol. The van der Waals surface area contributed by atoms with E-state index in [-0.39, 0.29) is 10.6 Å². The highest BCUT2D eigenvalue weighted by Crippen LogP contribution is 2.25. The number of nitrogens with one attached hydrogen (secondary N) is 1. The summed E-state index contributed by atoms with van der Waals surface area (Å²) >= 11 is 4.93. The van der Waals surface area contributed by atoms with Gasteiger partial charge in [-0.1, -0.05) is 6.07 Å². The van der Waals surface area contributed by atoms with E-state index in [0.717, 1.165) is 17.9 Å². The van der Waals surface area contributed by atoms with E-state index in [1.165, 1.54) is 0 Å². The molecular weight excluding hydrogens is 292 g/mol. The van der Waals surface area contributed by atoms with E-state index < -0.39 is 0 Å². The molecule has 88 valence electrons. The first-order chi connectivity index (χ1) is 7.65. The minimum Gasteiger partial charge on any atom is -0.312 e. The molecule has 4 nitrogen and oxygen atoms in total. The second kappa shape index (κ2) is 6.88. The molecule has 0 unspecified atom stereocenters. The van der Waals surface area contributed by atoms with Gasteiger partial charge in [0.1, 0.15) is 0 Å². The Hall–Kier alpha value is -0.590. The van der Waals surface area contributed by atoms with Crippen LogP contribution in [0.4, 0.5) is 5.69 Å². The van der Waals surface area contributed by atoms with Crippen LogP contribution in [0.5, 0.6) is 0 Å². The molecule has 1 aromatic carbocycles. The second-order valence-electron chi connectivity index (χ2n) is 3.21. The fourth-order valence-electron chi connectivity index (χ4n) is 1.22. The number of nitro benzene ring substituents is 1. The highest BCUT2D eigenvalue weighted by atomic mass is 79.9. The Kier molecular flexibility index (Phi) is 5.79. The summed E-state index contributed by atoms with van der Waals surface area (Å²) in [5.74, 6) is 1.04. The lowest BCUT2D eigenvalue weighted by atomic mass is 10.2. The molecule has 0 aromatic heterocycles. The van der Waals surface area contributed by atoms with Crippen molar-refractivity contribution in [2.75, 3.05) is 18.6 Å². The Bertz CT molecular complexity index is 374. The molecule has 0 aliphatic carbocycles. The van der Waals surface area contributed by atoms with E-state index in [2.05, 4.69) is 21.2 Å². The molecule has 0 atom stereocenters. The third-order valence-corrected chi connectivity index (χ3v) is 3.30. The third kappa shape index (κ3) is 4.11. The summed E-state index contributed by atoms with van der Waals surface area (Å²) in [7, 11) is 0. The summed E-state index contributed by atoms with van der Waals surface area (Å²) < 4.78 is 0.519. The zero-order valence-electron chi connectivity index (χ0n) is 8.90. The van der Waals surface area contributed by atoms with Gasteiger partial charge in [-0.25, -0.2) is 0 Å². The maximum atomic E-state index is 10.7. The van der Waals surface area contributed by atoms with Crippen LogP contribution in [0.1, 0.15) is 5.56 Å². The quantitative estimate of drug-likeness (QED) is 0.499. The topological polar surface area (TPSA) is 55.2 Å². The number of hydrogen-bond acceptors (Lipinski definition) is 4. The van der Waals surface area contributed by atoms with Crippen molar-refractivity contribution in [3.63, 3.8) is 0 Å². The number of hydrogen-bond donors (Lipinski definition) is 1. The minimum atomic E-state index is -0.379. The molecule has 16 heavy (non-hydrogen) atoms. The zero-order chi connectivity index (χ0) is 12.0. The number of rotatable bonds is 6. The van der Waals surface area contributed by atoms with Crippen LogP contribution in [-0.2, 0) is 6.54 Å². The molecule has 0 fully saturated rings. The molecule has 6 heteroatoms. The molecule has 0 heterocycles. The average molecular weight is 305 g/mol. The Balaban J connectivity index is 2.61. The average Bonchev–Trinajstić information content (AvgIpc) is 2.26. The molecular formula is C10H13BrN2O2S. The molecule has 0 spiro atoms. The van der Waals surface area contributed by atoms with Gasteiger partial charge in [0.15, 0.2) is 0 Å². The molecule has 0 radical (unpaired) electrons. The predicted octanol–water partition coefficient (Wildman–Crippen LogP) is 2.81. The van der Waals surface area contributed by atoms with Crippen LogP contribution < -0.4 is 5.32 Å². The van der Waals surface area contributed by atoms with Gasteiger partial charge in [0.05, 0.1) is 9.40 Å². The first kappa shape index (κ1) is 13.5. The maximum absolute atomic E-state index is 10.7. The maximum Gasteiger partial charge on any atom is 0.283 e. The first-order valence-electron chi connectivity index (χ1n) is 4.77. The van der Waals surface area contributed by atoms with Crippen molar-refractivity contribution in [1.29, 1.82) is 0 Å². The number of halogens is 1. The lowest BCUT2D eigenvalue weighted by Crippen LogP contribution is -2.16. The highest BCUT2D eigenvalue weighted by molar-refractivity contribution is 9.10. The summed E-state index contributed by atoms with van der Waals surface area (Å²) in [6.07, 6.45) is 2.05. The molecule has 0 saturated carbocycles. The van der Waals surface area contributed by atoms with Gasteiger partial charge in [-0.2, -0.15) is 11.8 Å². The van der Waals surface area contributed by atoms with E-state index in [1.807, 2.05) is 12.3 Å². The molecule has 0 aliphatic heterocycles. The summed E-state index contributed by atoms with van der Waals surface area (Å²) in [4.78, 5) is 10.3. The lowest BCUT2D eigenvalue weighted by Gasteiger charge is -2.04. The van der Waals surface area contributed by atoms with Crippen LogP contribution >= 0.6 is 27.7 Å². The molecule has 1 aromatic rings. The fourth-order valence-corrected chi connectivity index (χ4v) is 1.95. The molecule has 1 N–H and O–H groups in total. The standard InChI is InChI=1S/C10H13BrN2O2S/c1-16-5-4-12-7-8-2-3-9(11)10(6-8)13(14)15/h2-3,6,12H,4-5,7H2,1H3. The Morgan fingerprint density at radius 1 is 1.56 bits per heavy atom. The van der Waals surface area contributed by atoms with Gasteiger partial charge in [0.25, 0.3) is 5.69 Å². The van der Waals surface area contributed by atoms with E-state index in [9.17, 15) is 10.1 Å². The van der Waals surface area contributed by atoms with Gasteiger partial charge < -0.3 is 5.32 Å². The van der Waals surface area contributed by atoms with Crippen LogP contribution in [0.3, 0.4) is 0 Å². The van der Waals surface area contributed by atoms with Gasteiger partial charge in [-0.3, -0.25) is 10.1 Å². The largest absolute Gasteiger partial charge is 0.312 e. The number of nitrogens with zero attached hydrogens (tertiary/aromatic N) is 1. The van der Waals surface area contributed by atoms with Crippen molar-refractivity contribution >= 4 is 33.4 Å². The van der Waals surface area contributed by atoms with Crippen molar-refractivity contribution < 1.29 is 4.92 Å². The van der Waals surface area contributed by atoms with E-state index in [0.29, 0.717) is 11.0 Å². The van der Waals surface area contributed by atoms with Crippen LogP contribution in [0.15, 0.2) is 22.7 Å². The molecule has 0 amide bonds. The minimum absolute atomic E-state index is 0.115. The normalized spacial score (nSPS) is 10.4. The van der Waals surface area contributed by atoms with Gasteiger partial charge in [-0.05, 0) is 33.8 Å². The van der Waals surface area contributed by atoms with E-state index >= 15 is 0 Å². The van der Waals surface area contributed by atoms with Crippen LogP contribution in [-0.4, -0.2) is 23.5 Å². The molecule has 0 aliphatic rings. The van der Waals surface area contributed by atoms with Gasteiger partial charge in [0.2, 0.25) is 0 Å². The van der Waals surface area contributed by atoms with Crippen LogP contribution in [0.2, 0.25) is 0 Å². The van der Waals surface area contributed by atoms with Gasteiger partial charge >= 0.3 is 0 Å². The molecule has 0 bridgehead atoms. The SMILES string of the molecule is CSCCNCc1ccc(Br)c([N+](=O)[O-])c1. The van der Waals surface area contributed by atoms with Crippen molar-refractivity contribution in [1.82, 2.24) is 5.32 Å². The molecule has 0 saturated heterocycles. The van der Waals surface area contributed by atoms with Crippen LogP contribution in [0.25, 0.3) is 0 Å². The van der Waals surface area contributed by atoms with E-state index in [4.69, 9.17) is 0 Å². The summed E-state index contributed by atoms with van der Waals surface area (Å²) in [5, 5.41) is 13.9. The number of nitro groups is 1. The number of benzene rings is 1. The summed E-state index contributed by atoms with van der Waals surface area (Å²) in [6, 6.07) is 5.18. The van der Waals surface area contributed by atoms with Gasteiger partial charge in [0, 0.05) is 24.9 Å². The Morgan fingerprint density at radius 2 is 2.31 bits per heavy atom. The predicted molar refractivity (Wildman–Crippen MR) is 70.9 cm³/mol. The zero-order valence-corrected chi connectivity index (χ0v) is 11.3. The van der Waals surface area contributed by atoms with Crippen LogP contribution in [0, 0.1) is 10.1 Å². The van der Waals surface area contributed by atoms with Crippen molar-refractivity contribution in [2.24, 2.45) is 0 Å². The van der Waals surface area contributed by atoms with Gasteiger partial charge in [-0.15, -0.1) is 0 Å². The van der Waals surface area contributed by atoms with Crippen molar-refractivity contribution in [2.45, 2.75) is 6.54 Å². The fraction of sp³-hybridized carbons (Fsp3) is 0.400. The lowest BCUT2D eigenvalue weighted by molar-refractivity contribution is -0.385. The van der Waals surface area contributed by atoms with Crippen molar-refractivity contribution in [3.05, 3.63) is 38.3 Å². The highest BCUT2D eigenvalue weighted by Gasteiger charge is 2.11. The Morgan fingerprint density at radius 3 is 2.94 bits per heavy atom. The number of thioether (sulfide) groups is 1. The second-order valence-corrected chi connectivity index (χ2v) is 5.05. The summed E-state index contributed by atoms with van der Waals surface area (Å²) in [6.45, 7) is 1.57. The smallest absolute Gasteiger partial charge is 0.283 e. The molecule has 1 rings (SSSR count).